The van der Waals surface area contributed by atoms with Crippen LogP contribution in [0.5, 0.6) is 0 Å². The lowest BCUT2D eigenvalue weighted by Crippen LogP contribution is -2.04. The average molecular weight is 241 g/mol. The number of rotatable bonds is 4. The molecule has 94 valence electrons. The second kappa shape index (κ2) is 5.63. The SMILES string of the molecule is Cc1cc(CC(C)C)nc(Nc2ccccc2)n1. The fourth-order valence-corrected chi connectivity index (χ4v) is 1.86. The molecular formula is C15H19N3. The van der Waals surface area contributed by atoms with E-state index in [1.165, 1.54) is 0 Å². The summed E-state index contributed by atoms with van der Waals surface area (Å²) in [6.07, 6.45) is 0.979. The first-order valence-corrected chi connectivity index (χ1v) is 6.30. The van der Waals surface area contributed by atoms with E-state index < -0.39 is 0 Å². The molecular weight excluding hydrogens is 222 g/mol. The Balaban J connectivity index is 2.20. The first-order chi connectivity index (χ1) is 8.63. The van der Waals surface area contributed by atoms with E-state index in [0.29, 0.717) is 11.9 Å². The van der Waals surface area contributed by atoms with Crippen LogP contribution in [0.3, 0.4) is 0 Å². The Kier molecular flexibility index (Phi) is 3.92. The van der Waals surface area contributed by atoms with Crippen LogP contribution >= 0.6 is 0 Å². The van der Waals surface area contributed by atoms with Gasteiger partial charge in [-0.2, -0.15) is 0 Å². The van der Waals surface area contributed by atoms with Crippen LogP contribution in [0.2, 0.25) is 0 Å². The number of nitrogens with one attached hydrogen (secondary N) is 1. The molecule has 1 N–H and O–H groups in total. The molecule has 0 amide bonds. The first-order valence-electron chi connectivity index (χ1n) is 6.30. The highest BCUT2D eigenvalue weighted by Gasteiger charge is 2.04. The lowest BCUT2D eigenvalue weighted by atomic mass is 10.1. The second-order valence-corrected chi connectivity index (χ2v) is 4.91. The predicted molar refractivity (Wildman–Crippen MR) is 75.0 cm³/mol. The molecule has 1 heterocycles. The van der Waals surface area contributed by atoms with Gasteiger partial charge in [-0.15, -0.1) is 0 Å². The summed E-state index contributed by atoms with van der Waals surface area (Å²) in [5.41, 5.74) is 3.11. The monoisotopic (exact) mass is 241 g/mol. The van der Waals surface area contributed by atoms with Gasteiger partial charge < -0.3 is 5.32 Å². The van der Waals surface area contributed by atoms with Gasteiger partial charge in [0, 0.05) is 17.1 Å². The summed E-state index contributed by atoms with van der Waals surface area (Å²) in [5.74, 6) is 1.28. The number of aryl methyl sites for hydroxylation is 1. The van der Waals surface area contributed by atoms with Crippen molar-refractivity contribution in [1.82, 2.24) is 9.97 Å². The zero-order valence-corrected chi connectivity index (χ0v) is 11.1. The molecule has 2 rings (SSSR count). The molecule has 0 saturated heterocycles. The van der Waals surface area contributed by atoms with Gasteiger partial charge in [0.05, 0.1) is 0 Å². The van der Waals surface area contributed by atoms with Crippen molar-refractivity contribution in [3.63, 3.8) is 0 Å². The molecule has 0 spiro atoms. The Morgan fingerprint density at radius 1 is 1.11 bits per heavy atom. The first kappa shape index (κ1) is 12.6. The molecule has 0 aliphatic carbocycles. The molecule has 1 aromatic carbocycles. The standard InChI is InChI=1S/C15H19N3/c1-11(2)9-14-10-12(3)16-15(18-14)17-13-7-5-4-6-8-13/h4-8,10-11H,9H2,1-3H3,(H,16,17,18). The van der Waals surface area contributed by atoms with Crippen LogP contribution in [0.4, 0.5) is 11.6 Å². The predicted octanol–water partition coefficient (Wildman–Crippen LogP) is 3.73. The molecule has 2 aromatic rings. The number of para-hydroxylation sites is 1. The number of hydrogen-bond acceptors (Lipinski definition) is 3. The number of anilines is 2. The summed E-state index contributed by atoms with van der Waals surface area (Å²) < 4.78 is 0. The van der Waals surface area contributed by atoms with E-state index in [1.807, 2.05) is 37.3 Å². The van der Waals surface area contributed by atoms with Gasteiger partial charge in [-0.1, -0.05) is 32.0 Å². The van der Waals surface area contributed by atoms with Crippen LogP contribution < -0.4 is 5.32 Å². The van der Waals surface area contributed by atoms with Crippen LogP contribution in [-0.2, 0) is 6.42 Å². The molecule has 0 atom stereocenters. The fourth-order valence-electron chi connectivity index (χ4n) is 1.86. The van der Waals surface area contributed by atoms with Crippen molar-refractivity contribution in [2.75, 3.05) is 5.32 Å². The van der Waals surface area contributed by atoms with Crippen molar-refractivity contribution >= 4 is 11.6 Å². The summed E-state index contributed by atoms with van der Waals surface area (Å²) in [6.45, 7) is 6.39. The molecule has 1 aromatic heterocycles. The summed E-state index contributed by atoms with van der Waals surface area (Å²) in [7, 11) is 0. The smallest absolute Gasteiger partial charge is 0.227 e. The molecule has 0 fully saturated rings. The molecule has 3 nitrogen and oxygen atoms in total. The Labute approximate surface area is 108 Å². The van der Waals surface area contributed by atoms with E-state index in [1.54, 1.807) is 0 Å². The van der Waals surface area contributed by atoms with E-state index in [4.69, 9.17) is 0 Å². The summed E-state index contributed by atoms with van der Waals surface area (Å²) in [6, 6.07) is 12.0. The summed E-state index contributed by atoms with van der Waals surface area (Å²) >= 11 is 0. The molecule has 0 saturated carbocycles. The van der Waals surface area contributed by atoms with Crippen LogP contribution in [-0.4, -0.2) is 9.97 Å². The Morgan fingerprint density at radius 3 is 2.50 bits per heavy atom. The van der Waals surface area contributed by atoms with Gasteiger partial charge in [0.15, 0.2) is 0 Å². The topological polar surface area (TPSA) is 37.8 Å². The van der Waals surface area contributed by atoms with E-state index in [0.717, 1.165) is 23.5 Å². The Bertz CT molecular complexity index is 506. The highest BCUT2D eigenvalue weighted by molar-refractivity contribution is 5.52. The van der Waals surface area contributed by atoms with Gasteiger partial charge in [0.2, 0.25) is 5.95 Å². The van der Waals surface area contributed by atoms with Crippen molar-refractivity contribution in [2.24, 2.45) is 5.92 Å². The second-order valence-electron chi connectivity index (χ2n) is 4.91. The van der Waals surface area contributed by atoms with E-state index in [9.17, 15) is 0 Å². The van der Waals surface area contributed by atoms with Gasteiger partial charge >= 0.3 is 0 Å². The van der Waals surface area contributed by atoms with E-state index >= 15 is 0 Å². The number of benzene rings is 1. The van der Waals surface area contributed by atoms with Gasteiger partial charge in [-0.05, 0) is 37.5 Å². The van der Waals surface area contributed by atoms with Crippen molar-refractivity contribution in [3.8, 4) is 0 Å². The van der Waals surface area contributed by atoms with Gasteiger partial charge in [0.1, 0.15) is 0 Å². The number of aromatic nitrogens is 2. The number of hydrogen-bond donors (Lipinski definition) is 1. The van der Waals surface area contributed by atoms with Crippen molar-refractivity contribution in [1.29, 1.82) is 0 Å². The highest BCUT2D eigenvalue weighted by Crippen LogP contribution is 2.14. The van der Waals surface area contributed by atoms with Crippen molar-refractivity contribution < 1.29 is 0 Å². The zero-order chi connectivity index (χ0) is 13.0. The maximum atomic E-state index is 4.55. The molecule has 3 heteroatoms. The van der Waals surface area contributed by atoms with Gasteiger partial charge in [0.25, 0.3) is 0 Å². The largest absolute Gasteiger partial charge is 0.324 e. The Morgan fingerprint density at radius 2 is 1.83 bits per heavy atom. The minimum Gasteiger partial charge on any atom is -0.324 e. The molecule has 0 unspecified atom stereocenters. The lowest BCUT2D eigenvalue weighted by molar-refractivity contribution is 0.634. The third kappa shape index (κ3) is 3.55. The van der Waals surface area contributed by atoms with Crippen LogP contribution in [0.15, 0.2) is 36.4 Å². The van der Waals surface area contributed by atoms with Crippen LogP contribution in [0.1, 0.15) is 25.2 Å². The molecule has 0 radical (unpaired) electrons. The zero-order valence-electron chi connectivity index (χ0n) is 11.1. The number of nitrogens with zero attached hydrogens (tertiary/aromatic N) is 2. The minimum absolute atomic E-state index is 0.601. The average Bonchev–Trinajstić information content (AvgIpc) is 2.28. The maximum absolute atomic E-state index is 4.55. The van der Waals surface area contributed by atoms with Crippen molar-refractivity contribution in [3.05, 3.63) is 47.8 Å². The minimum atomic E-state index is 0.601. The Hall–Kier alpha value is -1.90. The third-order valence-electron chi connectivity index (χ3n) is 2.55. The van der Waals surface area contributed by atoms with Crippen molar-refractivity contribution in [2.45, 2.75) is 27.2 Å². The van der Waals surface area contributed by atoms with Gasteiger partial charge in [-0.25, -0.2) is 9.97 Å². The normalized spacial score (nSPS) is 10.7. The molecule has 0 aliphatic heterocycles. The quantitative estimate of drug-likeness (QED) is 0.886. The van der Waals surface area contributed by atoms with E-state index in [2.05, 4.69) is 35.2 Å². The third-order valence-corrected chi connectivity index (χ3v) is 2.55. The molecule has 0 aliphatic rings. The maximum Gasteiger partial charge on any atom is 0.227 e. The fraction of sp³-hybridized carbons (Fsp3) is 0.333. The molecule has 18 heavy (non-hydrogen) atoms. The van der Waals surface area contributed by atoms with Crippen LogP contribution in [0.25, 0.3) is 0 Å². The highest BCUT2D eigenvalue weighted by atomic mass is 15.1. The lowest BCUT2D eigenvalue weighted by Gasteiger charge is -2.09. The van der Waals surface area contributed by atoms with Gasteiger partial charge in [-0.3, -0.25) is 0 Å². The molecule has 0 bridgehead atoms. The summed E-state index contributed by atoms with van der Waals surface area (Å²) in [4.78, 5) is 8.96. The van der Waals surface area contributed by atoms with E-state index in [-0.39, 0.29) is 0 Å². The summed E-state index contributed by atoms with van der Waals surface area (Å²) in [5, 5.41) is 3.24. The van der Waals surface area contributed by atoms with Crippen LogP contribution in [0, 0.1) is 12.8 Å².